The minimum atomic E-state index is -0.0416. The van der Waals surface area contributed by atoms with Crippen molar-refractivity contribution in [3.8, 4) is 11.5 Å². The molecule has 2 aromatic carbocycles. The van der Waals surface area contributed by atoms with Crippen molar-refractivity contribution in [2.24, 2.45) is 5.73 Å². The molecule has 0 aliphatic rings. The molecule has 0 aromatic heterocycles. The van der Waals surface area contributed by atoms with Crippen molar-refractivity contribution in [1.82, 2.24) is 0 Å². The maximum absolute atomic E-state index is 5.97. The summed E-state index contributed by atoms with van der Waals surface area (Å²) in [5, 5.41) is 0. The van der Waals surface area contributed by atoms with E-state index in [0.29, 0.717) is 0 Å². The summed E-state index contributed by atoms with van der Waals surface area (Å²) >= 11 is 0. The van der Waals surface area contributed by atoms with Crippen LogP contribution in [0.4, 0.5) is 0 Å². The largest absolute Gasteiger partial charge is 0.457 e. The van der Waals surface area contributed by atoms with Gasteiger partial charge < -0.3 is 10.5 Å². The Morgan fingerprint density at radius 1 is 0.950 bits per heavy atom. The van der Waals surface area contributed by atoms with Crippen LogP contribution in [0.3, 0.4) is 0 Å². The highest BCUT2D eigenvalue weighted by Gasteiger charge is 2.13. The Balaban J connectivity index is 2.23. The van der Waals surface area contributed by atoms with E-state index in [1.165, 1.54) is 5.56 Å². The maximum Gasteiger partial charge on any atom is 0.132 e. The highest BCUT2D eigenvalue weighted by molar-refractivity contribution is 5.40. The van der Waals surface area contributed by atoms with Crippen molar-refractivity contribution in [3.63, 3.8) is 0 Å². The van der Waals surface area contributed by atoms with E-state index in [1.54, 1.807) is 0 Å². The molecule has 2 aromatic rings. The zero-order valence-electron chi connectivity index (χ0n) is 12.7. The first-order valence-corrected chi connectivity index (χ1v) is 7.01. The van der Waals surface area contributed by atoms with E-state index >= 15 is 0 Å². The van der Waals surface area contributed by atoms with Crippen LogP contribution >= 0.6 is 0 Å². The van der Waals surface area contributed by atoms with Crippen LogP contribution in [0.25, 0.3) is 0 Å². The van der Waals surface area contributed by atoms with Crippen molar-refractivity contribution in [1.29, 1.82) is 0 Å². The van der Waals surface area contributed by atoms with E-state index in [4.69, 9.17) is 10.5 Å². The van der Waals surface area contributed by atoms with Crippen LogP contribution in [-0.4, -0.2) is 0 Å². The van der Waals surface area contributed by atoms with Crippen LogP contribution in [-0.2, 0) is 5.41 Å². The van der Waals surface area contributed by atoms with E-state index in [0.717, 1.165) is 17.1 Å². The molecule has 0 saturated heterocycles. The molecule has 106 valence electrons. The smallest absolute Gasteiger partial charge is 0.132 e. The molecule has 0 fully saturated rings. The fourth-order valence-electron chi connectivity index (χ4n) is 2.10. The van der Waals surface area contributed by atoms with Crippen LogP contribution < -0.4 is 10.5 Å². The molecule has 0 aliphatic heterocycles. The van der Waals surface area contributed by atoms with E-state index in [9.17, 15) is 0 Å². The first-order valence-electron chi connectivity index (χ1n) is 7.01. The molecule has 0 aliphatic carbocycles. The van der Waals surface area contributed by atoms with Crippen LogP contribution in [0.2, 0.25) is 0 Å². The van der Waals surface area contributed by atoms with Gasteiger partial charge in [0, 0.05) is 11.6 Å². The molecule has 0 amide bonds. The Morgan fingerprint density at radius 2 is 1.55 bits per heavy atom. The fraction of sp³-hybridized carbons (Fsp3) is 0.333. The van der Waals surface area contributed by atoms with Gasteiger partial charge in [-0.15, -0.1) is 0 Å². The average molecular weight is 269 g/mol. The Bertz CT molecular complexity index is 565. The summed E-state index contributed by atoms with van der Waals surface area (Å²) in [5.74, 6) is 1.66. The standard InChI is InChI=1S/C18H23NO/c1-13(19)16-7-5-6-8-17(16)20-15-11-9-14(10-12-15)18(2,3)4/h5-13H,19H2,1-4H3/t13-/m0/s1. The number of para-hydroxylation sites is 1. The van der Waals surface area contributed by atoms with Crippen molar-refractivity contribution in [3.05, 3.63) is 59.7 Å². The highest BCUT2D eigenvalue weighted by Crippen LogP contribution is 2.30. The Labute approximate surface area is 121 Å². The molecule has 2 heteroatoms. The molecular formula is C18H23NO. The first kappa shape index (κ1) is 14.6. The first-order chi connectivity index (χ1) is 9.38. The number of hydrogen-bond donors (Lipinski definition) is 1. The van der Waals surface area contributed by atoms with Crippen molar-refractivity contribution in [2.75, 3.05) is 0 Å². The lowest BCUT2D eigenvalue weighted by atomic mass is 9.87. The average Bonchev–Trinajstić information content (AvgIpc) is 2.38. The SMILES string of the molecule is C[C@H](N)c1ccccc1Oc1ccc(C(C)(C)C)cc1. The lowest BCUT2D eigenvalue weighted by Crippen LogP contribution is -2.10. The minimum absolute atomic E-state index is 0.0416. The van der Waals surface area contributed by atoms with Gasteiger partial charge in [0.2, 0.25) is 0 Å². The second-order valence-electron chi connectivity index (χ2n) is 6.20. The van der Waals surface area contributed by atoms with Gasteiger partial charge in [-0.05, 0) is 36.1 Å². The van der Waals surface area contributed by atoms with Gasteiger partial charge in [0.05, 0.1) is 0 Å². The Morgan fingerprint density at radius 3 is 2.10 bits per heavy atom. The quantitative estimate of drug-likeness (QED) is 0.869. The van der Waals surface area contributed by atoms with Crippen molar-refractivity contribution < 1.29 is 4.74 Å². The third-order valence-corrected chi connectivity index (χ3v) is 3.36. The second kappa shape index (κ2) is 5.68. The zero-order valence-corrected chi connectivity index (χ0v) is 12.7. The fourth-order valence-corrected chi connectivity index (χ4v) is 2.10. The lowest BCUT2D eigenvalue weighted by molar-refractivity contribution is 0.471. The molecule has 1 atom stereocenters. The molecular weight excluding hydrogens is 246 g/mol. The molecule has 0 heterocycles. The highest BCUT2D eigenvalue weighted by atomic mass is 16.5. The molecule has 0 radical (unpaired) electrons. The van der Waals surface area contributed by atoms with Gasteiger partial charge in [0.25, 0.3) is 0 Å². The van der Waals surface area contributed by atoms with Crippen LogP contribution in [0.15, 0.2) is 48.5 Å². The Hall–Kier alpha value is -1.80. The number of nitrogens with two attached hydrogens (primary N) is 1. The number of benzene rings is 2. The summed E-state index contributed by atoms with van der Waals surface area (Å²) in [6.45, 7) is 8.57. The Kier molecular flexibility index (Phi) is 4.15. The summed E-state index contributed by atoms with van der Waals surface area (Å²) in [6.07, 6.45) is 0. The number of hydrogen-bond acceptors (Lipinski definition) is 2. The third-order valence-electron chi connectivity index (χ3n) is 3.36. The molecule has 2 rings (SSSR count). The topological polar surface area (TPSA) is 35.2 Å². The van der Waals surface area contributed by atoms with Gasteiger partial charge in [0.15, 0.2) is 0 Å². The summed E-state index contributed by atoms with van der Waals surface area (Å²) in [7, 11) is 0. The van der Waals surface area contributed by atoms with Gasteiger partial charge in [-0.2, -0.15) is 0 Å². The van der Waals surface area contributed by atoms with Crippen LogP contribution in [0.5, 0.6) is 11.5 Å². The molecule has 0 saturated carbocycles. The summed E-state index contributed by atoms with van der Waals surface area (Å²) in [4.78, 5) is 0. The lowest BCUT2D eigenvalue weighted by Gasteiger charge is -2.19. The summed E-state index contributed by atoms with van der Waals surface area (Å²) < 4.78 is 5.96. The maximum atomic E-state index is 5.97. The van der Waals surface area contributed by atoms with Gasteiger partial charge in [-0.3, -0.25) is 0 Å². The van der Waals surface area contributed by atoms with Crippen molar-refractivity contribution >= 4 is 0 Å². The predicted molar refractivity (Wildman–Crippen MR) is 84.3 cm³/mol. The van der Waals surface area contributed by atoms with E-state index < -0.39 is 0 Å². The zero-order chi connectivity index (χ0) is 14.8. The van der Waals surface area contributed by atoms with Gasteiger partial charge in [-0.25, -0.2) is 0 Å². The van der Waals surface area contributed by atoms with Crippen molar-refractivity contribution in [2.45, 2.75) is 39.2 Å². The second-order valence-corrected chi connectivity index (χ2v) is 6.20. The monoisotopic (exact) mass is 269 g/mol. The number of rotatable bonds is 3. The third kappa shape index (κ3) is 3.40. The molecule has 0 unspecified atom stereocenters. The molecule has 0 spiro atoms. The summed E-state index contributed by atoms with van der Waals surface area (Å²) in [5.41, 5.74) is 8.44. The molecule has 2 nitrogen and oxygen atoms in total. The number of ether oxygens (including phenoxy) is 1. The van der Waals surface area contributed by atoms with E-state index in [2.05, 4.69) is 32.9 Å². The normalized spacial score (nSPS) is 13.1. The van der Waals surface area contributed by atoms with Gasteiger partial charge >= 0.3 is 0 Å². The summed E-state index contributed by atoms with van der Waals surface area (Å²) in [6, 6.07) is 16.1. The molecule has 0 bridgehead atoms. The van der Waals surface area contributed by atoms with Crippen LogP contribution in [0, 0.1) is 0 Å². The molecule has 20 heavy (non-hydrogen) atoms. The van der Waals surface area contributed by atoms with E-state index in [-0.39, 0.29) is 11.5 Å². The molecule has 2 N–H and O–H groups in total. The van der Waals surface area contributed by atoms with Gasteiger partial charge in [0.1, 0.15) is 11.5 Å². The van der Waals surface area contributed by atoms with E-state index in [1.807, 2.05) is 43.3 Å². The minimum Gasteiger partial charge on any atom is -0.457 e. The van der Waals surface area contributed by atoms with Gasteiger partial charge in [-0.1, -0.05) is 51.1 Å². The van der Waals surface area contributed by atoms with Crippen LogP contribution in [0.1, 0.15) is 44.9 Å². The predicted octanol–water partition coefficient (Wildman–Crippen LogP) is 4.80.